The van der Waals surface area contributed by atoms with Crippen LogP contribution in [0.1, 0.15) is 34.3 Å². The van der Waals surface area contributed by atoms with Crippen molar-refractivity contribution in [3.63, 3.8) is 0 Å². The van der Waals surface area contributed by atoms with Gasteiger partial charge in [0.1, 0.15) is 10.6 Å². The predicted molar refractivity (Wildman–Crippen MR) is 129 cm³/mol. The molecule has 0 bridgehead atoms. The van der Waals surface area contributed by atoms with Crippen molar-refractivity contribution in [1.82, 2.24) is 4.72 Å². The highest BCUT2D eigenvalue weighted by Gasteiger charge is 2.44. The van der Waals surface area contributed by atoms with E-state index in [0.29, 0.717) is 12.1 Å². The molecule has 7 nitrogen and oxygen atoms in total. The lowest BCUT2D eigenvalue weighted by Crippen LogP contribution is -2.27. The van der Waals surface area contributed by atoms with Gasteiger partial charge in [0.2, 0.25) is 10.0 Å². The summed E-state index contributed by atoms with van der Waals surface area (Å²) in [4.78, 5) is 12.7. The smallest absolute Gasteiger partial charge is 0.255 e. The van der Waals surface area contributed by atoms with Crippen molar-refractivity contribution in [2.45, 2.75) is 29.6 Å². The Bertz CT molecular complexity index is 1330. The Balaban J connectivity index is 1.47. The first kappa shape index (κ1) is 23.5. The Hall–Kier alpha value is -3.67. The maximum absolute atomic E-state index is 13.0. The van der Waals surface area contributed by atoms with Gasteiger partial charge in [0.05, 0.1) is 18.6 Å². The molecule has 3 aromatic rings. The third-order valence-corrected chi connectivity index (χ3v) is 7.41. The molecule has 0 heterocycles. The molecule has 0 saturated heterocycles. The number of amides is 1. The van der Waals surface area contributed by atoms with Gasteiger partial charge in [0.25, 0.3) is 5.91 Å². The lowest BCUT2D eigenvalue weighted by atomic mass is 9.98. The van der Waals surface area contributed by atoms with Gasteiger partial charge in [0.15, 0.2) is 0 Å². The van der Waals surface area contributed by atoms with Crippen molar-refractivity contribution in [2.24, 2.45) is 0 Å². The van der Waals surface area contributed by atoms with Crippen LogP contribution in [0.3, 0.4) is 0 Å². The van der Waals surface area contributed by atoms with Crippen LogP contribution in [0.25, 0.3) is 0 Å². The first-order valence-electron chi connectivity index (χ1n) is 10.9. The second-order valence-electron chi connectivity index (χ2n) is 8.22. The van der Waals surface area contributed by atoms with Crippen LogP contribution in [0.5, 0.6) is 5.75 Å². The molecule has 1 amide bonds. The lowest BCUT2D eigenvalue weighted by molar-refractivity contribution is 0.102. The quantitative estimate of drug-likeness (QED) is 0.486. The second-order valence-corrected chi connectivity index (χ2v) is 9.96. The third-order valence-electron chi connectivity index (χ3n) is 5.92. The number of ether oxygens (including phenoxy) is 1. The van der Waals surface area contributed by atoms with E-state index in [2.05, 4.69) is 16.1 Å². The molecule has 0 aliphatic heterocycles. The number of nitrogens with zero attached hydrogens (tertiary/aromatic N) is 1. The van der Waals surface area contributed by atoms with E-state index in [1.807, 2.05) is 42.5 Å². The normalized spacial score (nSPS) is 14.1. The number of anilines is 1. The number of sulfonamides is 1. The van der Waals surface area contributed by atoms with E-state index in [1.54, 1.807) is 12.1 Å². The minimum Gasteiger partial charge on any atom is -0.495 e. The molecule has 0 atom stereocenters. The van der Waals surface area contributed by atoms with Gasteiger partial charge in [-0.05, 0) is 60.7 Å². The van der Waals surface area contributed by atoms with Crippen molar-refractivity contribution in [3.8, 4) is 11.8 Å². The molecule has 8 heteroatoms. The van der Waals surface area contributed by atoms with Crippen molar-refractivity contribution in [3.05, 3.63) is 89.5 Å². The fraction of sp³-hybridized carbons (Fsp3) is 0.231. The van der Waals surface area contributed by atoms with Crippen LogP contribution in [0.15, 0.2) is 77.7 Å². The Labute approximate surface area is 199 Å². The Morgan fingerprint density at radius 2 is 1.76 bits per heavy atom. The number of carbonyl (C=O) groups is 1. The second kappa shape index (κ2) is 9.67. The predicted octanol–water partition coefficient (Wildman–Crippen LogP) is 4.02. The fourth-order valence-electron chi connectivity index (χ4n) is 3.75. The largest absolute Gasteiger partial charge is 0.495 e. The van der Waals surface area contributed by atoms with Crippen LogP contribution in [0, 0.1) is 11.3 Å². The van der Waals surface area contributed by atoms with E-state index in [9.17, 15) is 18.5 Å². The Kier molecular flexibility index (Phi) is 6.68. The summed E-state index contributed by atoms with van der Waals surface area (Å²) in [5.74, 6) is -0.295. The zero-order chi connectivity index (χ0) is 24.2. The molecule has 0 spiro atoms. The highest BCUT2D eigenvalue weighted by molar-refractivity contribution is 7.89. The van der Waals surface area contributed by atoms with E-state index >= 15 is 0 Å². The molecular formula is C26H25N3O4S. The van der Waals surface area contributed by atoms with Crippen LogP contribution < -0.4 is 14.8 Å². The van der Waals surface area contributed by atoms with E-state index in [1.165, 1.54) is 25.3 Å². The van der Waals surface area contributed by atoms with Crippen LogP contribution >= 0.6 is 0 Å². The first-order valence-corrected chi connectivity index (χ1v) is 12.4. The topological polar surface area (TPSA) is 108 Å². The van der Waals surface area contributed by atoms with Crippen LogP contribution in [0.2, 0.25) is 0 Å². The van der Waals surface area contributed by atoms with Gasteiger partial charge in [-0.2, -0.15) is 5.26 Å². The summed E-state index contributed by atoms with van der Waals surface area (Å²) in [5, 5.41) is 12.1. The molecule has 0 radical (unpaired) electrons. The zero-order valence-electron chi connectivity index (χ0n) is 18.7. The summed E-state index contributed by atoms with van der Waals surface area (Å²) in [6.45, 7) is 0.211. The average Bonchev–Trinajstić information content (AvgIpc) is 3.66. The van der Waals surface area contributed by atoms with E-state index in [4.69, 9.17) is 4.74 Å². The minimum absolute atomic E-state index is 0.101. The third kappa shape index (κ3) is 5.11. The van der Waals surface area contributed by atoms with Crippen molar-refractivity contribution >= 4 is 21.6 Å². The molecule has 1 aliphatic carbocycles. The van der Waals surface area contributed by atoms with E-state index in [-0.39, 0.29) is 22.8 Å². The molecule has 0 aromatic heterocycles. The van der Waals surface area contributed by atoms with Crippen LogP contribution in [-0.4, -0.2) is 28.0 Å². The van der Waals surface area contributed by atoms with Crippen LogP contribution in [0.4, 0.5) is 5.69 Å². The molecule has 3 aromatic carbocycles. The van der Waals surface area contributed by atoms with Gasteiger partial charge >= 0.3 is 0 Å². The van der Waals surface area contributed by atoms with Crippen molar-refractivity contribution in [1.29, 1.82) is 5.26 Å². The van der Waals surface area contributed by atoms with Gasteiger partial charge < -0.3 is 10.1 Å². The summed E-state index contributed by atoms with van der Waals surface area (Å²) >= 11 is 0. The molecule has 174 valence electrons. The molecular weight excluding hydrogens is 450 g/mol. The Morgan fingerprint density at radius 1 is 1.06 bits per heavy atom. The number of nitrogens with one attached hydrogen (secondary N) is 2. The van der Waals surface area contributed by atoms with Gasteiger partial charge in [-0.3, -0.25) is 4.79 Å². The van der Waals surface area contributed by atoms with E-state index in [0.717, 1.165) is 24.0 Å². The van der Waals surface area contributed by atoms with Crippen molar-refractivity contribution in [2.75, 3.05) is 19.0 Å². The molecule has 1 saturated carbocycles. The molecule has 0 unspecified atom stereocenters. The number of rotatable bonds is 9. The number of hydrogen-bond donors (Lipinski definition) is 2. The SMILES string of the molecule is COc1ccc(C(=O)Nc2ccc(C3(C#N)CC3)cc2)cc1S(=O)(=O)NCCc1ccccc1. The number of nitriles is 1. The summed E-state index contributed by atoms with van der Waals surface area (Å²) in [5.41, 5.74) is 2.30. The van der Waals surface area contributed by atoms with Crippen molar-refractivity contribution < 1.29 is 17.9 Å². The maximum atomic E-state index is 13.0. The van der Waals surface area contributed by atoms with E-state index < -0.39 is 21.3 Å². The summed E-state index contributed by atoms with van der Waals surface area (Å²) in [6, 6.07) is 23.4. The molecule has 2 N–H and O–H groups in total. The fourth-order valence-corrected chi connectivity index (χ4v) is 4.97. The lowest BCUT2D eigenvalue weighted by Gasteiger charge is -2.13. The highest BCUT2D eigenvalue weighted by atomic mass is 32.2. The molecule has 4 rings (SSSR count). The maximum Gasteiger partial charge on any atom is 0.255 e. The van der Waals surface area contributed by atoms with Gasteiger partial charge in [-0.25, -0.2) is 13.1 Å². The summed E-state index contributed by atoms with van der Waals surface area (Å²) < 4.78 is 33.7. The zero-order valence-corrected chi connectivity index (χ0v) is 19.6. The summed E-state index contributed by atoms with van der Waals surface area (Å²) in [7, 11) is -2.52. The number of hydrogen-bond acceptors (Lipinski definition) is 5. The number of benzene rings is 3. The average molecular weight is 476 g/mol. The first-order chi connectivity index (χ1) is 16.4. The number of methoxy groups -OCH3 is 1. The standard InChI is InChI=1S/C26H25N3O4S/c1-33-23-12-7-20(17-24(23)34(31,32)28-16-13-19-5-3-2-4-6-19)25(30)29-22-10-8-21(9-11-22)26(18-27)14-15-26/h2-12,17,28H,13-16H2,1H3,(H,29,30). The monoisotopic (exact) mass is 475 g/mol. The Morgan fingerprint density at radius 3 is 2.38 bits per heavy atom. The number of carbonyl (C=O) groups excluding carboxylic acids is 1. The highest BCUT2D eigenvalue weighted by Crippen LogP contribution is 2.47. The molecule has 1 aliphatic rings. The van der Waals surface area contributed by atoms with Gasteiger partial charge in [0, 0.05) is 17.8 Å². The van der Waals surface area contributed by atoms with Crippen LogP contribution in [-0.2, 0) is 21.9 Å². The summed E-state index contributed by atoms with van der Waals surface area (Å²) in [6.07, 6.45) is 2.22. The molecule has 1 fully saturated rings. The molecule has 34 heavy (non-hydrogen) atoms. The van der Waals surface area contributed by atoms with Gasteiger partial charge in [-0.15, -0.1) is 0 Å². The minimum atomic E-state index is -3.91. The van der Waals surface area contributed by atoms with Gasteiger partial charge in [-0.1, -0.05) is 42.5 Å².